The van der Waals surface area contributed by atoms with E-state index in [1.54, 1.807) is 6.07 Å². The summed E-state index contributed by atoms with van der Waals surface area (Å²) in [5.41, 5.74) is 2.23. The minimum absolute atomic E-state index is 0.0644. The van der Waals surface area contributed by atoms with Gasteiger partial charge >= 0.3 is 0 Å². The number of sulfonamides is 1. The van der Waals surface area contributed by atoms with Gasteiger partial charge in [0.05, 0.1) is 7.11 Å². The summed E-state index contributed by atoms with van der Waals surface area (Å²) in [5.74, 6) is -0.177. The first-order valence-corrected chi connectivity index (χ1v) is 11.0. The number of carbonyl (C=O) groups excluding carboxylic acids is 1. The molecule has 0 aliphatic rings. The second kappa shape index (κ2) is 10.0. The summed E-state index contributed by atoms with van der Waals surface area (Å²) in [6.07, 6.45) is 0.555. The molecule has 0 unspecified atom stereocenters. The molecule has 6 nitrogen and oxygen atoms in total. The fraction of sp³-hybridized carbons (Fsp3) is 0.174. The Labute approximate surface area is 177 Å². The maximum atomic E-state index is 12.8. The van der Waals surface area contributed by atoms with Crippen molar-refractivity contribution in [1.82, 2.24) is 10.0 Å². The Kier molecular flexibility index (Phi) is 7.21. The highest BCUT2D eigenvalue weighted by Crippen LogP contribution is 2.25. The zero-order chi connectivity index (χ0) is 21.4. The average molecular weight is 425 g/mol. The van der Waals surface area contributed by atoms with Gasteiger partial charge in [0, 0.05) is 18.7 Å². The molecule has 3 rings (SSSR count). The monoisotopic (exact) mass is 424 g/mol. The normalized spacial score (nSPS) is 11.1. The van der Waals surface area contributed by atoms with Crippen LogP contribution in [-0.2, 0) is 23.0 Å². The summed E-state index contributed by atoms with van der Waals surface area (Å²) < 4.78 is 33.5. The molecule has 0 saturated heterocycles. The van der Waals surface area contributed by atoms with Crippen molar-refractivity contribution < 1.29 is 17.9 Å². The van der Waals surface area contributed by atoms with Gasteiger partial charge in [-0.1, -0.05) is 60.7 Å². The Morgan fingerprint density at radius 1 is 0.900 bits per heavy atom. The van der Waals surface area contributed by atoms with Crippen LogP contribution in [0.25, 0.3) is 0 Å². The van der Waals surface area contributed by atoms with Gasteiger partial charge in [0.2, 0.25) is 10.0 Å². The molecule has 0 fully saturated rings. The first kappa shape index (κ1) is 21.5. The zero-order valence-corrected chi connectivity index (χ0v) is 17.5. The van der Waals surface area contributed by atoms with Crippen LogP contribution in [0.4, 0.5) is 0 Å². The van der Waals surface area contributed by atoms with E-state index < -0.39 is 10.0 Å². The number of amides is 1. The van der Waals surface area contributed by atoms with Gasteiger partial charge in [-0.15, -0.1) is 0 Å². The van der Waals surface area contributed by atoms with Gasteiger partial charge in [-0.25, -0.2) is 13.1 Å². The first-order valence-electron chi connectivity index (χ1n) is 9.53. The second-order valence-electron chi connectivity index (χ2n) is 6.67. The van der Waals surface area contributed by atoms with Crippen molar-refractivity contribution in [3.63, 3.8) is 0 Å². The molecule has 30 heavy (non-hydrogen) atoms. The van der Waals surface area contributed by atoms with Gasteiger partial charge in [-0.2, -0.15) is 0 Å². The third-order valence-electron chi connectivity index (χ3n) is 4.56. The van der Waals surface area contributed by atoms with Crippen molar-refractivity contribution in [2.75, 3.05) is 13.7 Å². The Morgan fingerprint density at radius 2 is 1.53 bits per heavy atom. The summed E-state index contributed by atoms with van der Waals surface area (Å²) in [6.45, 7) is 0.586. The van der Waals surface area contributed by atoms with E-state index in [-0.39, 0.29) is 28.7 Å². The number of methoxy groups -OCH3 is 1. The molecule has 0 aliphatic heterocycles. The molecule has 0 aliphatic carbocycles. The van der Waals surface area contributed by atoms with Gasteiger partial charge in [0.1, 0.15) is 10.6 Å². The number of nitrogens with one attached hydrogen (secondary N) is 2. The highest BCUT2D eigenvalue weighted by Gasteiger charge is 2.21. The van der Waals surface area contributed by atoms with Crippen LogP contribution in [-0.4, -0.2) is 28.0 Å². The Balaban J connectivity index is 1.71. The first-order chi connectivity index (χ1) is 14.5. The highest BCUT2D eigenvalue weighted by molar-refractivity contribution is 7.89. The van der Waals surface area contributed by atoms with E-state index in [1.165, 1.54) is 19.2 Å². The molecule has 0 aromatic heterocycles. The van der Waals surface area contributed by atoms with Crippen molar-refractivity contribution in [2.45, 2.75) is 17.9 Å². The lowest BCUT2D eigenvalue weighted by Crippen LogP contribution is -2.27. The Hall–Kier alpha value is -3.16. The van der Waals surface area contributed by atoms with E-state index >= 15 is 0 Å². The SMILES string of the molecule is COc1ccc(C(=O)NCc2ccccc2)cc1S(=O)(=O)NCCc1ccccc1. The fourth-order valence-corrected chi connectivity index (χ4v) is 4.19. The van der Waals surface area contributed by atoms with Gasteiger partial charge in [-0.3, -0.25) is 4.79 Å². The van der Waals surface area contributed by atoms with Gasteiger partial charge < -0.3 is 10.1 Å². The second-order valence-corrected chi connectivity index (χ2v) is 8.40. The average Bonchev–Trinajstić information content (AvgIpc) is 2.78. The smallest absolute Gasteiger partial charge is 0.251 e. The van der Waals surface area contributed by atoms with Crippen LogP contribution < -0.4 is 14.8 Å². The Bertz CT molecular complexity index is 1080. The molecule has 3 aromatic carbocycles. The minimum Gasteiger partial charge on any atom is -0.495 e. The number of benzene rings is 3. The van der Waals surface area contributed by atoms with Gasteiger partial charge in [0.15, 0.2) is 0 Å². The number of rotatable bonds is 9. The van der Waals surface area contributed by atoms with E-state index in [0.29, 0.717) is 13.0 Å². The maximum absolute atomic E-state index is 12.8. The molecule has 7 heteroatoms. The van der Waals surface area contributed by atoms with E-state index in [0.717, 1.165) is 11.1 Å². The minimum atomic E-state index is -3.85. The van der Waals surface area contributed by atoms with E-state index in [2.05, 4.69) is 10.0 Å². The van der Waals surface area contributed by atoms with Crippen molar-refractivity contribution in [1.29, 1.82) is 0 Å². The van der Waals surface area contributed by atoms with Crippen LogP contribution >= 0.6 is 0 Å². The van der Waals surface area contributed by atoms with Crippen LogP contribution in [0, 0.1) is 0 Å². The predicted molar refractivity (Wildman–Crippen MR) is 116 cm³/mol. The van der Waals surface area contributed by atoms with Crippen molar-refractivity contribution >= 4 is 15.9 Å². The standard InChI is InChI=1S/C23H24N2O4S/c1-29-21-13-12-20(23(26)24-17-19-10-6-3-7-11-19)16-22(21)30(27,28)25-15-14-18-8-4-2-5-9-18/h2-13,16,25H,14-15,17H2,1H3,(H,24,26). The lowest BCUT2D eigenvalue weighted by Gasteiger charge is -2.13. The van der Waals surface area contributed by atoms with Crippen molar-refractivity contribution in [2.24, 2.45) is 0 Å². The molecule has 0 heterocycles. The molecular formula is C23H24N2O4S. The van der Waals surface area contributed by atoms with Gasteiger partial charge in [-0.05, 0) is 35.7 Å². The maximum Gasteiger partial charge on any atom is 0.251 e. The van der Waals surface area contributed by atoms with Crippen LogP contribution in [0.5, 0.6) is 5.75 Å². The van der Waals surface area contributed by atoms with Crippen molar-refractivity contribution in [3.8, 4) is 5.75 Å². The molecule has 0 radical (unpaired) electrons. The number of carbonyl (C=O) groups is 1. The predicted octanol–water partition coefficient (Wildman–Crippen LogP) is 3.15. The summed E-state index contributed by atoms with van der Waals surface area (Å²) >= 11 is 0. The summed E-state index contributed by atoms with van der Waals surface area (Å²) in [7, 11) is -2.46. The molecule has 3 aromatic rings. The number of hydrogen-bond donors (Lipinski definition) is 2. The summed E-state index contributed by atoms with van der Waals surface area (Å²) in [4.78, 5) is 12.5. The van der Waals surface area contributed by atoms with Crippen molar-refractivity contribution in [3.05, 3.63) is 95.6 Å². The van der Waals surface area contributed by atoms with Crippen LogP contribution in [0.1, 0.15) is 21.5 Å². The highest BCUT2D eigenvalue weighted by atomic mass is 32.2. The molecule has 2 N–H and O–H groups in total. The lowest BCUT2D eigenvalue weighted by molar-refractivity contribution is 0.0950. The van der Waals surface area contributed by atoms with E-state index in [9.17, 15) is 13.2 Å². The van der Waals surface area contributed by atoms with E-state index in [4.69, 9.17) is 4.74 Å². The molecule has 1 amide bonds. The van der Waals surface area contributed by atoms with Crippen LogP contribution in [0.2, 0.25) is 0 Å². The molecule has 0 atom stereocenters. The molecule has 0 spiro atoms. The van der Waals surface area contributed by atoms with Crippen LogP contribution in [0.15, 0.2) is 83.8 Å². The molecular weight excluding hydrogens is 400 g/mol. The Morgan fingerprint density at radius 3 is 2.17 bits per heavy atom. The number of ether oxygens (including phenoxy) is 1. The largest absolute Gasteiger partial charge is 0.495 e. The van der Waals surface area contributed by atoms with Gasteiger partial charge in [0.25, 0.3) is 5.91 Å². The molecule has 0 saturated carbocycles. The quantitative estimate of drug-likeness (QED) is 0.553. The molecule has 156 valence electrons. The summed E-state index contributed by atoms with van der Waals surface area (Å²) in [6, 6.07) is 23.5. The summed E-state index contributed by atoms with van der Waals surface area (Å²) in [5, 5.41) is 2.80. The molecule has 0 bridgehead atoms. The zero-order valence-electron chi connectivity index (χ0n) is 16.7. The fourth-order valence-electron chi connectivity index (χ4n) is 2.96. The third-order valence-corrected chi connectivity index (χ3v) is 6.04. The third kappa shape index (κ3) is 5.68. The topological polar surface area (TPSA) is 84.5 Å². The van der Waals surface area contributed by atoms with E-state index in [1.807, 2.05) is 60.7 Å². The lowest BCUT2D eigenvalue weighted by atomic mass is 10.2. The number of hydrogen-bond acceptors (Lipinski definition) is 4. The van der Waals surface area contributed by atoms with Crippen LogP contribution in [0.3, 0.4) is 0 Å².